The number of benzene rings is 1. The van der Waals surface area contributed by atoms with Gasteiger partial charge in [-0.25, -0.2) is 14.8 Å². The van der Waals surface area contributed by atoms with Gasteiger partial charge in [0, 0.05) is 30.9 Å². The van der Waals surface area contributed by atoms with Crippen molar-refractivity contribution < 1.29 is 18.5 Å². The number of hydrogen-bond donors (Lipinski definition) is 4. The quantitative estimate of drug-likeness (QED) is 0.319. The minimum absolute atomic E-state index is 0.144. The average molecular weight is 527 g/mol. The van der Waals surface area contributed by atoms with Crippen molar-refractivity contribution in [3.8, 4) is 5.75 Å². The van der Waals surface area contributed by atoms with E-state index in [-0.39, 0.29) is 22.9 Å². The number of nitrogens with one attached hydrogen (secondary N) is 3. The summed E-state index contributed by atoms with van der Waals surface area (Å²) in [5, 5.41) is 15.7. The highest BCUT2D eigenvalue weighted by Gasteiger charge is 2.31. The molecule has 0 aliphatic carbocycles. The maximum Gasteiger partial charge on any atom is 0.271 e. The Morgan fingerprint density at radius 2 is 1.92 bits per heavy atom. The van der Waals surface area contributed by atoms with Crippen LogP contribution in [0.4, 0.5) is 27.4 Å². The molecule has 37 heavy (non-hydrogen) atoms. The molecule has 13 heteroatoms. The van der Waals surface area contributed by atoms with Crippen LogP contribution >= 0.6 is 7.14 Å². The van der Waals surface area contributed by atoms with Gasteiger partial charge in [0.05, 0.1) is 30.0 Å². The molecule has 194 valence electrons. The predicted molar refractivity (Wildman–Crippen MR) is 140 cm³/mol. The first-order valence-electron chi connectivity index (χ1n) is 11.2. The SMILES string of the molecule is COc1c(Nc2cc(Nc3cc(C)ccn3)nnc2C(N)=O)cc(F)cc1C1C=C(P(C)(C)=O)N(C)N1. The molecule has 1 atom stereocenters. The van der Waals surface area contributed by atoms with Crippen molar-refractivity contribution in [1.82, 2.24) is 25.6 Å². The lowest BCUT2D eigenvalue weighted by molar-refractivity contribution is 0.0995. The highest BCUT2D eigenvalue weighted by Crippen LogP contribution is 2.51. The Balaban J connectivity index is 1.74. The molecule has 1 aliphatic rings. The standard InChI is InChI=1S/C24H28FN8O3P/c1-13-6-7-27-19(8-13)29-20-11-17(22(24(26)34)31-30-20)28-18-10-14(25)9-15(23(18)36-3)16-12-21(33(2)32-16)37(4,5)35/h6-12,16,32H,1-5H3,(H2,26,34)(H2,27,28,29,30). The van der Waals surface area contributed by atoms with E-state index < -0.39 is 24.9 Å². The second-order valence-electron chi connectivity index (χ2n) is 8.94. The normalized spacial score (nSPS) is 15.4. The minimum atomic E-state index is -2.59. The summed E-state index contributed by atoms with van der Waals surface area (Å²) in [4.78, 5) is 16.3. The third kappa shape index (κ3) is 5.71. The Labute approximate surface area is 213 Å². The number of anilines is 4. The average Bonchev–Trinajstić information content (AvgIpc) is 3.21. The molecule has 0 spiro atoms. The van der Waals surface area contributed by atoms with E-state index >= 15 is 0 Å². The number of primary amides is 1. The molecule has 0 saturated carbocycles. The molecular weight excluding hydrogens is 498 g/mol. The van der Waals surface area contributed by atoms with Crippen LogP contribution in [0.1, 0.15) is 27.7 Å². The van der Waals surface area contributed by atoms with Gasteiger partial charge in [-0.05, 0) is 50.1 Å². The zero-order chi connectivity index (χ0) is 26.9. The number of hydrazine groups is 1. The van der Waals surface area contributed by atoms with Crippen molar-refractivity contribution in [2.24, 2.45) is 5.73 Å². The van der Waals surface area contributed by atoms with Gasteiger partial charge < -0.3 is 30.7 Å². The van der Waals surface area contributed by atoms with E-state index in [9.17, 15) is 13.8 Å². The Bertz CT molecular complexity index is 1440. The van der Waals surface area contributed by atoms with Crippen LogP contribution in [0.2, 0.25) is 0 Å². The number of methoxy groups -OCH3 is 1. The first-order valence-corrected chi connectivity index (χ1v) is 13.9. The van der Waals surface area contributed by atoms with E-state index in [0.717, 1.165) is 5.56 Å². The van der Waals surface area contributed by atoms with Gasteiger partial charge in [0.15, 0.2) is 11.5 Å². The number of amides is 1. The fraction of sp³-hybridized carbons (Fsp3) is 0.250. The Kier molecular flexibility index (Phi) is 7.15. The van der Waals surface area contributed by atoms with Crippen LogP contribution in [0.25, 0.3) is 0 Å². The van der Waals surface area contributed by atoms with Crippen molar-refractivity contribution in [3.05, 3.63) is 70.7 Å². The van der Waals surface area contributed by atoms with Gasteiger partial charge >= 0.3 is 0 Å². The summed E-state index contributed by atoms with van der Waals surface area (Å²) in [5.41, 5.74) is 11.0. The molecule has 4 rings (SSSR count). The Morgan fingerprint density at radius 3 is 2.54 bits per heavy atom. The van der Waals surface area contributed by atoms with Crippen LogP contribution in [0.3, 0.4) is 0 Å². The maximum atomic E-state index is 14.8. The van der Waals surface area contributed by atoms with E-state index in [1.165, 1.54) is 25.3 Å². The molecule has 1 amide bonds. The first-order chi connectivity index (χ1) is 17.5. The largest absolute Gasteiger partial charge is 0.494 e. The summed E-state index contributed by atoms with van der Waals surface area (Å²) in [7, 11) is 0.607. The summed E-state index contributed by atoms with van der Waals surface area (Å²) in [6, 6.07) is 7.25. The third-order valence-electron chi connectivity index (χ3n) is 5.63. The van der Waals surface area contributed by atoms with Crippen LogP contribution in [-0.4, -0.2) is 53.6 Å². The van der Waals surface area contributed by atoms with Crippen LogP contribution in [0.15, 0.2) is 48.0 Å². The molecule has 5 N–H and O–H groups in total. The third-order valence-corrected chi connectivity index (χ3v) is 7.19. The molecule has 0 radical (unpaired) electrons. The number of rotatable bonds is 8. The number of aromatic nitrogens is 3. The molecule has 0 saturated heterocycles. The lowest BCUT2D eigenvalue weighted by atomic mass is 10.0. The van der Waals surface area contributed by atoms with Gasteiger partial charge in [-0.2, -0.15) is 0 Å². The summed E-state index contributed by atoms with van der Waals surface area (Å²) in [5.74, 6) is -0.242. The number of aryl methyl sites for hydroxylation is 1. The van der Waals surface area contributed by atoms with Gasteiger partial charge in [-0.3, -0.25) is 4.79 Å². The van der Waals surface area contributed by atoms with Crippen molar-refractivity contribution in [2.75, 3.05) is 38.1 Å². The predicted octanol–water partition coefficient (Wildman–Crippen LogP) is 3.87. The van der Waals surface area contributed by atoms with Crippen LogP contribution in [-0.2, 0) is 4.57 Å². The summed E-state index contributed by atoms with van der Waals surface area (Å²) < 4.78 is 33.2. The van der Waals surface area contributed by atoms with Gasteiger partial charge in [-0.15, -0.1) is 10.2 Å². The molecule has 0 fully saturated rings. The van der Waals surface area contributed by atoms with E-state index in [4.69, 9.17) is 10.5 Å². The van der Waals surface area contributed by atoms with Crippen LogP contribution < -0.4 is 26.5 Å². The molecule has 3 aromatic rings. The van der Waals surface area contributed by atoms with E-state index in [0.29, 0.717) is 22.6 Å². The number of hydrogen-bond acceptors (Lipinski definition) is 10. The first kappa shape index (κ1) is 26.1. The second-order valence-corrected chi connectivity index (χ2v) is 12.1. The topological polar surface area (TPSA) is 147 Å². The Hall–Kier alpha value is -4.02. The molecule has 0 bridgehead atoms. The maximum absolute atomic E-state index is 14.8. The monoisotopic (exact) mass is 526 g/mol. The molecule has 1 aromatic carbocycles. The molecule has 11 nitrogen and oxygen atoms in total. The molecular formula is C24H28FN8O3P. The highest BCUT2D eigenvalue weighted by atomic mass is 31.2. The Morgan fingerprint density at radius 1 is 1.16 bits per heavy atom. The van der Waals surface area contributed by atoms with Gasteiger partial charge in [0.2, 0.25) is 0 Å². The fourth-order valence-electron chi connectivity index (χ4n) is 4.05. The van der Waals surface area contributed by atoms with Gasteiger partial charge in [0.25, 0.3) is 5.91 Å². The molecule has 3 heterocycles. The van der Waals surface area contributed by atoms with E-state index in [1.807, 2.05) is 19.1 Å². The van der Waals surface area contributed by atoms with Crippen molar-refractivity contribution >= 4 is 36.1 Å². The smallest absolute Gasteiger partial charge is 0.271 e. The van der Waals surface area contributed by atoms with Crippen LogP contribution in [0.5, 0.6) is 5.75 Å². The van der Waals surface area contributed by atoms with Crippen molar-refractivity contribution in [1.29, 1.82) is 0 Å². The number of carbonyl (C=O) groups is 1. The van der Waals surface area contributed by atoms with E-state index in [1.54, 1.807) is 37.7 Å². The molecule has 1 aliphatic heterocycles. The summed E-state index contributed by atoms with van der Waals surface area (Å²) >= 11 is 0. The van der Waals surface area contributed by atoms with Gasteiger partial charge in [0.1, 0.15) is 24.5 Å². The zero-order valence-electron chi connectivity index (χ0n) is 21.0. The summed E-state index contributed by atoms with van der Waals surface area (Å²) in [6.45, 7) is 5.24. The second kappa shape index (κ2) is 10.2. The lowest BCUT2D eigenvalue weighted by Gasteiger charge is -2.22. The van der Waals surface area contributed by atoms with Crippen molar-refractivity contribution in [2.45, 2.75) is 13.0 Å². The zero-order valence-corrected chi connectivity index (χ0v) is 21.9. The number of pyridine rings is 1. The lowest BCUT2D eigenvalue weighted by Crippen LogP contribution is -2.29. The number of halogens is 1. The van der Waals surface area contributed by atoms with Crippen molar-refractivity contribution in [3.63, 3.8) is 0 Å². The number of ether oxygens (including phenoxy) is 1. The molecule has 1 unspecified atom stereocenters. The fourth-order valence-corrected chi connectivity index (χ4v) is 5.34. The van der Waals surface area contributed by atoms with Crippen LogP contribution in [0, 0.1) is 12.7 Å². The van der Waals surface area contributed by atoms with E-state index in [2.05, 4.69) is 31.2 Å². The molecule has 2 aromatic heterocycles. The highest BCUT2D eigenvalue weighted by molar-refractivity contribution is 7.66. The van der Waals surface area contributed by atoms with Gasteiger partial charge in [-0.1, -0.05) is 0 Å². The number of nitrogens with two attached hydrogens (primary N) is 1. The summed E-state index contributed by atoms with van der Waals surface area (Å²) in [6.07, 6.45) is 3.42. The number of carbonyl (C=O) groups excluding carboxylic acids is 1. The number of nitrogens with zero attached hydrogens (tertiary/aromatic N) is 4. The minimum Gasteiger partial charge on any atom is -0.494 e.